The first kappa shape index (κ1) is 56.1. The van der Waals surface area contributed by atoms with Crippen LogP contribution < -0.4 is 0 Å². The molecule has 0 aromatic heterocycles. The van der Waals surface area contributed by atoms with E-state index >= 15 is 0 Å². The lowest BCUT2D eigenvalue weighted by molar-refractivity contribution is -0.213. The van der Waals surface area contributed by atoms with Gasteiger partial charge in [-0.2, -0.15) is 0 Å². The van der Waals surface area contributed by atoms with Gasteiger partial charge in [-0.15, -0.1) is 0 Å². The van der Waals surface area contributed by atoms with Gasteiger partial charge in [-0.3, -0.25) is 4.79 Å². The Labute approximate surface area is 413 Å². The van der Waals surface area contributed by atoms with Crippen LogP contribution in [-0.4, -0.2) is 12.1 Å². The fourth-order valence-corrected chi connectivity index (χ4v) is 16.7. The summed E-state index contributed by atoms with van der Waals surface area (Å²) in [6.45, 7) is 23.2. The molecule has 4 fully saturated rings. The largest absolute Gasteiger partial charge is 0.462 e. The van der Waals surface area contributed by atoms with E-state index in [1.54, 1.807) is 0 Å². The molecule has 0 saturated heterocycles. The third kappa shape index (κ3) is 14.7. The van der Waals surface area contributed by atoms with Crippen molar-refractivity contribution in [2.45, 2.75) is 332 Å². The summed E-state index contributed by atoms with van der Waals surface area (Å²) in [5.41, 5.74) is 3.38. The van der Waals surface area contributed by atoms with Crippen LogP contribution in [0.5, 0.6) is 0 Å². The number of esters is 1. The number of ether oxygens (including phenoxy) is 1. The summed E-state index contributed by atoms with van der Waals surface area (Å²) < 4.78 is 6.48. The van der Waals surface area contributed by atoms with Gasteiger partial charge in [0.25, 0.3) is 0 Å². The van der Waals surface area contributed by atoms with Gasteiger partial charge in [0, 0.05) is 11.8 Å². The van der Waals surface area contributed by atoms with E-state index < -0.39 is 0 Å². The van der Waals surface area contributed by atoms with Crippen molar-refractivity contribution >= 4 is 5.97 Å². The van der Waals surface area contributed by atoms with Gasteiger partial charge in [-0.25, -0.2) is 0 Å². The summed E-state index contributed by atoms with van der Waals surface area (Å²) >= 11 is 0. The zero-order valence-corrected chi connectivity index (χ0v) is 46.3. The summed E-state index contributed by atoms with van der Waals surface area (Å²) in [5, 5.41) is 0. The lowest BCUT2D eigenvalue weighted by Gasteiger charge is -2.71. The first-order valence-electron chi connectivity index (χ1n) is 30.6. The van der Waals surface area contributed by atoms with Crippen LogP contribution in [0.4, 0.5) is 0 Å². The maximum Gasteiger partial charge on any atom is 0.306 e. The fraction of sp³-hybridized carbons (Fsp3) is 0.953. The smallest absolute Gasteiger partial charge is 0.306 e. The predicted molar refractivity (Wildman–Crippen MR) is 288 cm³/mol. The molecule has 384 valence electrons. The topological polar surface area (TPSA) is 26.3 Å². The van der Waals surface area contributed by atoms with Crippen molar-refractivity contribution in [1.29, 1.82) is 0 Å². The van der Waals surface area contributed by atoms with Crippen LogP contribution in [0.3, 0.4) is 0 Å². The second-order valence-electron chi connectivity index (χ2n) is 26.5. The molecule has 0 radical (unpaired) electrons. The summed E-state index contributed by atoms with van der Waals surface area (Å²) in [6.07, 6.45) is 59.4. The Morgan fingerprint density at radius 1 is 0.515 bits per heavy atom. The van der Waals surface area contributed by atoms with Crippen molar-refractivity contribution in [1.82, 2.24) is 0 Å². The minimum atomic E-state index is 0.0260. The number of hydrogen-bond donors (Lipinski definition) is 0. The molecule has 0 aliphatic heterocycles. The molecule has 5 rings (SSSR count). The molecule has 0 aromatic rings. The van der Waals surface area contributed by atoms with Crippen LogP contribution in [0.1, 0.15) is 326 Å². The third-order valence-corrected chi connectivity index (χ3v) is 21.6. The highest BCUT2D eigenvalue weighted by Gasteiger charge is 2.68. The van der Waals surface area contributed by atoms with Gasteiger partial charge in [0.2, 0.25) is 0 Å². The number of rotatable bonds is 33. The van der Waals surface area contributed by atoms with Crippen molar-refractivity contribution < 1.29 is 9.53 Å². The molecular weight excluding hydrogens is 801 g/mol. The number of allylic oxidation sites excluding steroid dienone is 2. The Balaban J connectivity index is 0.828. The molecule has 0 heterocycles. The van der Waals surface area contributed by atoms with Crippen LogP contribution >= 0.6 is 0 Å². The van der Waals surface area contributed by atoms with Crippen molar-refractivity contribution in [3.05, 3.63) is 11.6 Å². The highest BCUT2D eigenvalue weighted by atomic mass is 16.5. The highest BCUT2D eigenvalue weighted by molar-refractivity contribution is 5.69. The first-order valence-corrected chi connectivity index (χ1v) is 30.6. The molecule has 4 saturated carbocycles. The van der Waals surface area contributed by atoms with Crippen molar-refractivity contribution in [3.8, 4) is 0 Å². The number of unbranched alkanes of at least 4 members (excludes halogenated alkanes) is 30. The summed E-state index contributed by atoms with van der Waals surface area (Å²) in [6, 6.07) is 0. The van der Waals surface area contributed by atoms with E-state index in [0.717, 1.165) is 36.5 Å². The van der Waals surface area contributed by atoms with E-state index in [4.69, 9.17) is 4.74 Å². The van der Waals surface area contributed by atoms with E-state index in [0.29, 0.717) is 34.0 Å². The van der Waals surface area contributed by atoms with Crippen LogP contribution in [-0.2, 0) is 9.53 Å². The van der Waals surface area contributed by atoms with Gasteiger partial charge >= 0.3 is 5.97 Å². The van der Waals surface area contributed by atoms with Crippen molar-refractivity contribution in [2.75, 3.05) is 0 Å². The molecule has 1 unspecified atom stereocenters. The second kappa shape index (κ2) is 27.7. The Hall–Kier alpha value is -0.790. The molecule has 5 aliphatic rings. The normalized spacial score (nSPS) is 33.6. The Bertz CT molecular complexity index is 1390. The summed E-state index contributed by atoms with van der Waals surface area (Å²) in [7, 11) is 0. The van der Waals surface area contributed by atoms with E-state index in [1.807, 2.05) is 5.57 Å². The average Bonchev–Trinajstić information content (AvgIpc) is 3.28. The van der Waals surface area contributed by atoms with Crippen LogP contribution in [0.15, 0.2) is 11.6 Å². The first-order chi connectivity index (χ1) is 31.7. The fourth-order valence-electron chi connectivity index (χ4n) is 16.7. The second-order valence-corrected chi connectivity index (χ2v) is 26.5. The Kier molecular flexibility index (Phi) is 23.6. The molecule has 0 aromatic carbocycles. The van der Waals surface area contributed by atoms with E-state index in [2.05, 4.69) is 68.4 Å². The molecular formula is C64H116O2. The van der Waals surface area contributed by atoms with Gasteiger partial charge in [-0.05, 0) is 115 Å². The lowest BCUT2D eigenvalue weighted by Crippen LogP contribution is -2.65. The van der Waals surface area contributed by atoms with E-state index in [1.165, 1.54) is 244 Å². The summed E-state index contributed by atoms with van der Waals surface area (Å²) in [5.74, 6) is 3.81. The van der Waals surface area contributed by atoms with E-state index in [9.17, 15) is 4.79 Å². The average molecular weight is 918 g/mol. The van der Waals surface area contributed by atoms with Gasteiger partial charge < -0.3 is 4.74 Å². The van der Waals surface area contributed by atoms with Gasteiger partial charge in [0.15, 0.2) is 0 Å². The standard InChI is InChI=1S/C64H116O2/c1-10-11-12-13-14-15-16-17-18-19-20-21-22-23-24-25-26-27-28-29-30-31-32-33-34-35-36-37-38-39-40-41-58(65)66-57-46-48-62(7)55(60(57,4)5)45-49-64(9)56(62)43-42-54-59-53(3)52(2)44-47-61(59,6)50-51-63(54,64)8/h42,52-53,55-57,59H,10-41,43-51H2,1-9H3/t52-,53+,55?,56-,57+,59-,61-,62+,63-,64-/m1/s1. The maximum absolute atomic E-state index is 13.3. The minimum absolute atomic E-state index is 0.0260. The minimum Gasteiger partial charge on any atom is -0.462 e. The van der Waals surface area contributed by atoms with Crippen molar-refractivity contribution in [3.63, 3.8) is 0 Å². The van der Waals surface area contributed by atoms with E-state index in [-0.39, 0.29) is 17.5 Å². The van der Waals surface area contributed by atoms with Crippen LogP contribution in [0.25, 0.3) is 0 Å². The predicted octanol–water partition coefficient (Wildman–Crippen LogP) is 21.1. The third-order valence-electron chi connectivity index (χ3n) is 21.6. The molecule has 66 heavy (non-hydrogen) atoms. The number of fused-ring (bicyclic) bond motifs is 7. The molecule has 0 N–H and O–H groups in total. The monoisotopic (exact) mass is 917 g/mol. The quantitative estimate of drug-likeness (QED) is 0.0372. The van der Waals surface area contributed by atoms with Gasteiger partial charge in [-0.1, -0.05) is 267 Å². The molecule has 2 nitrogen and oxygen atoms in total. The van der Waals surface area contributed by atoms with Crippen LogP contribution in [0.2, 0.25) is 0 Å². The molecule has 0 spiro atoms. The SMILES string of the molecule is CCCCCCCCCCCCCCCCCCCCCCCCCCCCCCCCCC(=O)O[C@H]1CC[C@@]2(C)C(CC[C@]3(C)[C@@H]2CC=C2[C@H]4[C@@H](C)[C@H](C)CC[C@]4(C)CC[C@]23C)C1(C)C. The molecule has 0 amide bonds. The van der Waals surface area contributed by atoms with Crippen molar-refractivity contribution in [2.24, 2.45) is 56.7 Å². The lowest BCUT2D eigenvalue weighted by atomic mass is 9.33. The molecule has 0 bridgehead atoms. The Morgan fingerprint density at radius 3 is 1.41 bits per heavy atom. The molecule has 10 atom stereocenters. The highest BCUT2D eigenvalue weighted by Crippen LogP contribution is 2.75. The zero-order chi connectivity index (χ0) is 47.5. The maximum atomic E-state index is 13.3. The zero-order valence-electron chi connectivity index (χ0n) is 46.3. The number of carbonyl (C=O) groups excluding carboxylic acids is 1. The molecule has 2 heteroatoms. The summed E-state index contributed by atoms with van der Waals surface area (Å²) in [4.78, 5) is 13.3. The number of carbonyl (C=O) groups is 1. The Morgan fingerprint density at radius 2 is 0.955 bits per heavy atom. The van der Waals surface area contributed by atoms with Gasteiger partial charge in [0.1, 0.15) is 6.10 Å². The molecule has 5 aliphatic carbocycles. The van der Waals surface area contributed by atoms with Gasteiger partial charge in [0.05, 0.1) is 0 Å². The van der Waals surface area contributed by atoms with Crippen LogP contribution in [0, 0.1) is 56.7 Å². The number of hydrogen-bond acceptors (Lipinski definition) is 2.